The zero-order valence-electron chi connectivity index (χ0n) is 10.3. The van der Waals surface area contributed by atoms with Gasteiger partial charge in [-0.15, -0.1) is 0 Å². The van der Waals surface area contributed by atoms with Gasteiger partial charge in [0, 0.05) is 12.5 Å². The summed E-state index contributed by atoms with van der Waals surface area (Å²) in [5.74, 6) is -5.28. The molecule has 4 nitrogen and oxygen atoms in total. The van der Waals surface area contributed by atoms with Gasteiger partial charge in [0.05, 0.1) is 10.0 Å². The third kappa shape index (κ3) is 3.87. The second kappa shape index (κ2) is 6.61. The summed E-state index contributed by atoms with van der Waals surface area (Å²) >= 11 is 2.82. The highest BCUT2D eigenvalue weighted by Crippen LogP contribution is 2.40. The Morgan fingerprint density at radius 1 is 1.55 bits per heavy atom. The lowest BCUT2D eigenvalue weighted by molar-refractivity contribution is -0.122. The number of rotatable bonds is 5. The summed E-state index contributed by atoms with van der Waals surface area (Å²) in [6.45, 7) is 0.602. The summed E-state index contributed by atoms with van der Waals surface area (Å²) in [7, 11) is 0. The van der Waals surface area contributed by atoms with Crippen molar-refractivity contribution < 1.29 is 22.7 Å². The van der Waals surface area contributed by atoms with Crippen molar-refractivity contribution in [1.82, 2.24) is 5.32 Å². The Morgan fingerprint density at radius 2 is 2.20 bits per heavy atom. The molecule has 0 spiro atoms. The van der Waals surface area contributed by atoms with Gasteiger partial charge in [0.25, 0.3) is 11.8 Å². The number of nitriles is 1. The Kier molecular flexibility index (Phi) is 5.39. The van der Waals surface area contributed by atoms with Crippen molar-refractivity contribution in [1.29, 1.82) is 5.26 Å². The van der Waals surface area contributed by atoms with Crippen LogP contribution in [-0.2, 0) is 10.7 Å². The van der Waals surface area contributed by atoms with Gasteiger partial charge in [0.1, 0.15) is 11.6 Å². The summed E-state index contributed by atoms with van der Waals surface area (Å²) in [5, 5.41) is 9.98. The van der Waals surface area contributed by atoms with E-state index in [1.165, 1.54) is 13.1 Å². The number of nitrogens with one attached hydrogen (secondary N) is 1. The number of halogens is 4. The van der Waals surface area contributed by atoms with E-state index >= 15 is 0 Å². The van der Waals surface area contributed by atoms with Crippen LogP contribution >= 0.6 is 15.9 Å². The van der Waals surface area contributed by atoms with E-state index in [1.54, 1.807) is 5.32 Å². The van der Waals surface area contributed by atoms with E-state index in [2.05, 4.69) is 15.9 Å². The predicted molar refractivity (Wildman–Crippen MR) is 67.5 cm³/mol. The van der Waals surface area contributed by atoms with Crippen molar-refractivity contribution >= 4 is 21.8 Å². The van der Waals surface area contributed by atoms with Crippen LogP contribution in [0.15, 0.2) is 16.6 Å². The van der Waals surface area contributed by atoms with Crippen LogP contribution in [0.3, 0.4) is 0 Å². The lowest BCUT2D eigenvalue weighted by Gasteiger charge is -2.19. The van der Waals surface area contributed by atoms with Crippen molar-refractivity contribution in [2.75, 3.05) is 6.61 Å². The molecule has 20 heavy (non-hydrogen) atoms. The second-order valence-electron chi connectivity index (χ2n) is 3.77. The molecule has 0 aromatic heterocycles. The van der Waals surface area contributed by atoms with Crippen molar-refractivity contribution in [3.8, 4) is 11.9 Å². The SMILES string of the molecule is CCC(F)(F)c1cc(Br)c(F)cc1OCC(=O)NC#N. The molecule has 0 aliphatic carbocycles. The van der Waals surface area contributed by atoms with Crippen LogP contribution in [0.1, 0.15) is 18.9 Å². The average molecular weight is 351 g/mol. The van der Waals surface area contributed by atoms with Crippen molar-refractivity contribution in [3.05, 3.63) is 28.0 Å². The Labute approximate surface area is 121 Å². The first-order valence-electron chi connectivity index (χ1n) is 5.50. The maximum atomic E-state index is 13.8. The zero-order valence-corrected chi connectivity index (χ0v) is 11.9. The Bertz CT molecular complexity index is 558. The minimum Gasteiger partial charge on any atom is -0.483 e. The molecule has 0 saturated heterocycles. The van der Waals surface area contributed by atoms with E-state index in [4.69, 9.17) is 10.00 Å². The number of alkyl halides is 2. The molecule has 0 aliphatic heterocycles. The summed E-state index contributed by atoms with van der Waals surface area (Å²) in [5.41, 5.74) is -0.530. The molecule has 0 atom stereocenters. The highest BCUT2D eigenvalue weighted by Gasteiger charge is 2.33. The Hall–Kier alpha value is -1.75. The summed E-state index contributed by atoms with van der Waals surface area (Å²) in [4.78, 5) is 11.0. The minimum absolute atomic E-state index is 0.130. The van der Waals surface area contributed by atoms with Gasteiger partial charge < -0.3 is 4.74 Å². The van der Waals surface area contributed by atoms with Gasteiger partial charge in [0.15, 0.2) is 12.8 Å². The average Bonchev–Trinajstić information content (AvgIpc) is 2.40. The lowest BCUT2D eigenvalue weighted by atomic mass is 10.1. The topological polar surface area (TPSA) is 62.1 Å². The summed E-state index contributed by atoms with van der Waals surface area (Å²) in [6.07, 6.45) is 0.863. The number of nitrogens with zero attached hydrogens (tertiary/aromatic N) is 1. The zero-order chi connectivity index (χ0) is 15.3. The standard InChI is InChI=1S/C12H10BrF3N2O2/c1-2-12(15,16)7-3-8(13)9(14)4-10(7)20-5-11(19)18-6-17/h3-4H,2,5H2,1H3,(H,18,19). The Balaban J connectivity index is 3.08. The number of carbonyl (C=O) groups excluding carboxylic acids is 1. The van der Waals surface area contributed by atoms with Crippen LogP contribution in [-0.4, -0.2) is 12.5 Å². The molecule has 1 N–H and O–H groups in total. The smallest absolute Gasteiger partial charge is 0.276 e. The first kappa shape index (κ1) is 16.3. The van der Waals surface area contributed by atoms with Crippen LogP contribution in [0, 0.1) is 17.3 Å². The van der Waals surface area contributed by atoms with Crippen molar-refractivity contribution in [2.45, 2.75) is 19.3 Å². The fourth-order valence-corrected chi connectivity index (χ4v) is 1.71. The number of amides is 1. The number of hydrogen-bond acceptors (Lipinski definition) is 3. The van der Waals surface area contributed by atoms with Gasteiger partial charge in [-0.25, -0.2) is 13.2 Å². The molecule has 1 amide bonds. The first-order chi connectivity index (χ1) is 9.31. The van der Waals surface area contributed by atoms with Gasteiger partial charge in [-0.05, 0) is 22.0 Å². The minimum atomic E-state index is -3.22. The highest BCUT2D eigenvalue weighted by atomic mass is 79.9. The van der Waals surface area contributed by atoms with E-state index < -0.39 is 42.0 Å². The summed E-state index contributed by atoms with van der Waals surface area (Å²) in [6, 6.07) is 1.68. The fourth-order valence-electron chi connectivity index (χ4n) is 1.37. The van der Waals surface area contributed by atoms with E-state index in [0.29, 0.717) is 0 Å². The molecule has 1 aromatic rings. The first-order valence-corrected chi connectivity index (χ1v) is 6.29. The van der Waals surface area contributed by atoms with Gasteiger partial charge in [0.2, 0.25) is 0 Å². The third-order valence-electron chi connectivity index (χ3n) is 2.41. The van der Waals surface area contributed by atoms with Crippen molar-refractivity contribution in [2.24, 2.45) is 0 Å². The van der Waals surface area contributed by atoms with Gasteiger partial charge in [-0.2, -0.15) is 5.26 Å². The molecule has 0 aliphatic rings. The quantitative estimate of drug-likeness (QED) is 0.655. The number of hydrogen-bond donors (Lipinski definition) is 1. The van der Waals surface area contributed by atoms with Crippen LogP contribution in [0.5, 0.6) is 5.75 Å². The van der Waals surface area contributed by atoms with Crippen LogP contribution in [0.25, 0.3) is 0 Å². The van der Waals surface area contributed by atoms with Gasteiger partial charge in [-0.1, -0.05) is 6.92 Å². The molecule has 108 valence electrons. The fraction of sp³-hybridized carbons (Fsp3) is 0.333. The second-order valence-corrected chi connectivity index (χ2v) is 4.62. The number of benzene rings is 1. The van der Waals surface area contributed by atoms with Crippen LogP contribution in [0.4, 0.5) is 13.2 Å². The molecular weight excluding hydrogens is 341 g/mol. The van der Waals surface area contributed by atoms with Crippen molar-refractivity contribution in [3.63, 3.8) is 0 Å². The number of ether oxygens (including phenoxy) is 1. The largest absolute Gasteiger partial charge is 0.483 e. The van der Waals surface area contributed by atoms with Gasteiger partial charge >= 0.3 is 0 Å². The molecule has 8 heteroatoms. The predicted octanol–water partition coefficient (Wildman–Crippen LogP) is 3.07. The molecule has 0 heterocycles. The Morgan fingerprint density at radius 3 is 2.75 bits per heavy atom. The highest BCUT2D eigenvalue weighted by molar-refractivity contribution is 9.10. The molecule has 0 bridgehead atoms. The van der Waals surface area contributed by atoms with E-state index in [1.807, 2.05) is 0 Å². The van der Waals surface area contributed by atoms with Crippen LogP contribution < -0.4 is 10.1 Å². The molecule has 0 saturated carbocycles. The molecule has 0 radical (unpaired) electrons. The molecule has 1 aromatic carbocycles. The molecule has 0 unspecified atom stereocenters. The molecular formula is C12H10BrF3N2O2. The van der Waals surface area contributed by atoms with Gasteiger partial charge in [-0.3, -0.25) is 10.1 Å². The maximum Gasteiger partial charge on any atom is 0.276 e. The van der Waals surface area contributed by atoms with Crippen LogP contribution in [0.2, 0.25) is 0 Å². The monoisotopic (exact) mass is 350 g/mol. The third-order valence-corrected chi connectivity index (χ3v) is 3.02. The molecule has 1 rings (SSSR count). The maximum absolute atomic E-state index is 13.8. The number of carbonyl (C=O) groups is 1. The van der Waals surface area contributed by atoms with E-state index in [-0.39, 0.29) is 4.47 Å². The molecule has 0 fully saturated rings. The summed E-state index contributed by atoms with van der Waals surface area (Å²) < 4.78 is 45.6. The van der Waals surface area contributed by atoms with E-state index in [9.17, 15) is 18.0 Å². The normalized spacial score (nSPS) is 10.8. The van der Waals surface area contributed by atoms with E-state index in [0.717, 1.165) is 12.1 Å². The lowest BCUT2D eigenvalue weighted by Crippen LogP contribution is -2.25.